The van der Waals surface area contributed by atoms with Crippen molar-refractivity contribution < 1.29 is 9.59 Å². The number of anilines is 1. The highest BCUT2D eigenvalue weighted by molar-refractivity contribution is 8.02. The summed E-state index contributed by atoms with van der Waals surface area (Å²) in [5, 5.41) is 5.03. The number of nitrogens with zero attached hydrogens (tertiary/aromatic N) is 2. The van der Waals surface area contributed by atoms with E-state index in [0.717, 1.165) is 4.34 Å². The number of primary amides is 1. The zero-order valence-electron chi connectivity index (χ0n) is 14.6. The molecule has 9 heteroatoms. The molecule has 2 amide bonds. The molecule has 0 aromatic carbocycles. The molecular formula is C17H22N4O2S3. The normalized spacial score (nSPS) is 16.3. The fourth-order valence-electron chi connectivity index (χ4n) is 2.88. The lowest BCUT2D eigenvalue weighted by Gasteiger charge is -2.19. The summed E-state index contributed by atoms with van der Waals surface area (Å²) in [4.78, 5) is 33.4. The van der Waals surface area contributed by atoms with E-state index in [0.29, 0.717) is 16.7 Å². The minimum atomic E-state index is -0.373. The van der Waals surface area contributed by atoms with Crippen LogP contribution in [0.2, 0.25) is 0 Å². The number of thioether (sulfide) groups is 1. The monoisotopic (exact) mass is 410 g/mol. The van der Waals surface area contributed by atoms with E-state index in [9.17, 15) is 9.59 Å². The molecule has 1 atom stereocenters. The van der Waals surface area contributed by atoms with Gasteiger partial charge in [-0.2, -0.15) is 0 Å². The van der Waals surface area contributed by atoms with Crippen molar-refractivity contribution in [3.8, 4) is 0 Å². The van der Waals surface area contributed by atoms with Crippen molar-refractivity contribution in [1.29, 1.82) is 0 Å². The van der Waals surface area contributed by atoms with Gasteiger partial charge >= 0.3 is 0 Å². The molecule has 2 aromatic heterocycles. The van der Waals surface area contributed by atoms with E-state index in [1.165, 1.54) is 60.1 Å². The highest BCUT2D eigenvalue weighted by Gasteiger charge is 2.19. The van der Waals surface area contributed by atoms with Crippen molar-refractivity contribution in [3.63, 3.8) is 0 Å². The number of hydrogen-bond donors (Lipinski definition) is 2. The maximum Gasteiger partial charge on any atom is 0.232 e. The summed E-state index contributed by atoms with van der Waals surface area (Å²) in [6.45, 7) is 1.74. The summed E-state index contributed by atoms with van der Waals surface area (Å²) >= 11 is 4.31. The number of carbonyl (C=O) groups excluding carboxylic acids is 2. The van der Waals surface area contributed by atoms with Crippen molar-refractivity contribution >= 4 is 51.4 Å². The largest absolute Gasteiger partial charge is 0.369 e. The van der Waals surface area contributed by atoms with E-state index in [1.54, 1.807) is 18.3 Å². The molecule has 26 heavy (non-hydrogen) atoms. The standard InChI is InChI=1S/C17H22N4O2S3/c1-10(15(18)23)25-17-20-12(9-24-17)7-14(22)21-16-19-8-13(26-16)11-5-3-2-4-6-11/h8-11H,2-7H2,1H3,(H2,18,23)(H,19,21,22). The fraction of sp³-hybridized carbons (Fsp3) is 0.529. The fourth-order valence-corrected chi connectivity index (χ4v) is 5.81. The van der Waals surface area contributed by atoms with Crippen molar-refractivity contribution in [1.82, 2.24) is 9.97 Å². The van der Waals surface area contributed by atoms with E-state index in [4.69, 9.17) is 5.73 Å². The number of hydrogen-bond acceptors (Lipinski definition) is 7. The van der Waals surface area contributed by atoms with Gasteiger partial charge in [-0.3, -0.25) is 9.59 Å². The van der Waals surface area contributed by atoms with Crippen LogP contribution in [0.15, 0.2) is 15.9 Å². The van der Waals surface area contributed by atoms with Gasteiger partial charge in [0.1, 0.15) is 0 Å². The zero-order valence-corrected chi connectivity index (χ0v) is 17.0. The van der Waals surface area contributed by atoms with Crippen molar-refractivity contribution in [2.45, 2.75) is 61.0 Å². The molecule has 1 aliphatic carbocycles. The minimum absolute atomic E-state index is 0.126. The molecule has 0 radical (unpaired) electrons. The van der Waals surface area contributed by atoms with Crippen LogP contribution in [0.5, 0.6) is 0 Å². The van der Waals surface area contributed by atoms with Gasteiger partial charge in [-0.1, -0.05) is 31.0 Å². The van der Waals surface area contributed by atoms with Crippen LogP contribution in [0, 0.1) is 0 Å². The number of amides is 2. The van der Waals surface area contributed by atoms with Gasteiger partial charge in [-0.15, -0.1) is 22.7 Å². The quantitative estimate of drug-likeness (QED) is 0.677. The SMILES string of the molecule is CC(Sc1nc(CC(=O)Nc2ncc(C3CCCCC3)s2)cs1)C(N)=O. The first kappa shape index (κ1) is 19.3. The molecule has 2 heterocycles. The second kappa shape index (κ2) is 8.96. The van der Waals surface area contributed by atoms with Crippen molar-refractivity contribution in [2.24, 2.45) is 5.73 Å². The molecule has 1 aliphatic rings. The van der Waals surface area contributed by atoms with E-state index < -0.39 is 0 Å². The summed E-state index contributed by atoms with van der Waals surface area (Å²) in [6, 6.07) is 0. The average molecular weight is 411 g/mol. The van der Waals surface area contributed by atoms with Gasteiger partial charge in [0.05, 0.1) is 17.4 Å². The minimum Gasteiger partial charge on any atom is -0.369 e. The summed E-state index contributed by atoms with van der Waals surface area (Å²) < 4.78 is 0.743. The number of carbonyl (C=O) groups is 2. The van der Waals surface area contributed by atoms with Gasteiger partial charge in [-0.05, 0) is 25.7 Å². The number of nitrogens with one attached hydrogen (secondary N) is 1. The first-order valence-electron chi connectivity index (χ1n) is 8.67. The topological polar surface area (TPSA) is 98.0 Å². The Labute approximate surface area is 165 Å². The highest BCUT2D eigenvalue weighted by atomic mass is 32.2. The third kappa shape index (κ3) is 5.28. The van der Waals surface area contributed by atoms with Crippen LogP contribution < -0.4 is 11.1 Å². The lowest BCUT2D eigenvalue weighted by molar-refractivity contribution is -0.117. The maximum absolute atomic E-state index is 12.2. The lowest BCUT2D eigenvalue weighted by atomic mass is 9.89. The Balaban J connectivity index is 1.52. The molecule has 140 valence electrons. The lowest BCUT2D eigenvalue weighted by Crippen LogP contribution is -2.22. The third-order valence-corrected chi connectivity index (χ3v) is 7.54. The Morgan fingerprint density at radius 1 is 1.38 bits per heavy atom. The third-order valence-electron chi connectivity index (χ3n) is 4.33. The second-order valence-electron chi connectivity index (χ2n) is 6.39. The second-order valence-corrected chi connectivity index (χ2v) is 9.90. The van der Waals surface area contributed by atoms with Gasteiger partial charge in [0, 0.05) is 16.5 Å². The molecule has 2 aromatic rings. The first-order chi connectivity index (χ1) is 12.5. The number of thiazole rings is 2. The Morgan fingerprint density at radius 2 is 2.15 bits per heavy atom. The molecule has 0 saturated heterocycles. The molecule has 1 unspecified atom stereocenters. The molecule has 0 aliphatic heterocycles. The molecule has 0 bridgehead atoms. The van der Waals surface area contributed by atoms with Crippen LogP contribution in [0.4, 0.5) is 5.13 Å². The number of nitrogens with two attached hydrogens (primary N) is 1. The van der Waals surface area contributed by atoms with Gasteiger partial charge in [-0.25, -0.2) is 9.97 Å². The molecule has 6 nitrogen and oxygen atoms in total. The van der Waals surface area contributed by atoms with Crippen molar-refractivity contribution in [2.75, 3.05) is 5.32 Å². The Bertz CT molecular complexity index is 768. The number of rotatable bonds is 7. The van der Waals surface area contributed by atoms with Gasteiger partial charge < -0.3 is 11.1 Å². The Kier molecular flexibility index (Phi) is 6.66. The van der Waals surface area contributed by atoms with Crippen LogP contribution in [-0.2, 0) is 16.0 Å². The van der Waals surface area contributed by atoms with Crippen LogP contribution in [0.25, 0.3) is 0 Å². The van der Waals surface area contributed by atoms with Crippen LogP contribution in [0.1, 0.15) is 55.5 Å². The first-order valence-corrected chi connectivity index (χ1v) is 11.2. The highest BCUT2D eigenvalue weighted by Crippen LogP contribution is 2.36. The van der Waals surface area contributed by atoms with Crippen molar-refractivity contribution in [3.05, 3.63) is 22.1 Å². The van der Waals surface area contributed by atoms with E-state index in [2.05, 4.69) is 15.3 Å². The van der Waals surface area contributed by atoms with E-state index in [-0.39, 0.29) is 23.5 Å². The maximum atomic E-state index is 12.2. The van der Waals surface area contributed by atoms with E-state index in [1.807, 2.05) is 11.6 Å². The smallest absolute Gasteiger partial charge is 0.232 e. The number of aromatic nitrogens is 2. The molecule has 3 rings (SSSR count). The summed E-state index contributed by atoms with van der Waals surface area (Å²) in [6.07, 6.45) is 8.42. The summed E-state index contributed by atoms with van der Waals surface area (Å²) in [5.74, 6) is 0.0960. The van der Waals surface area contributed by atoms with E-state index >= 15 is 0 Å². The Morgan fingerprint density at radius 3 is 2.88 bits per heavy atom. The van der Waals surface area contributed by atoms with Gasteiger partial charge in [0.15, 0.2) is 9.47 Å². The van der Waals surface area contributed by atoms with Crippen LogP contribution >= 0.6 is 34.4 Å². The summed E-state index contributed by atoms with van der Waals surface area (Å²) in [7, 11) is 0. The molecular weight excluding hydrogens is 388 g/mol. The average Bonchev–Trinajstić information content (AvgIpc) is 3.25. The molecule has 1 fully saturated rings. The Hall–Kier alpha value is -1.45. The predicted octanol–water partition coefficient (Wildman–Crippen LogP) is 3.79. The van der Waals surface area contributed by atoms with Crippen LogP contribution in [-0.4, -0.2) is 27.0 Å². The van der Waals surface area contributed by atoms with Gasteiger partial charge in [0.2, 0.25) is 11.8 Å². The van der Waals surface area contributed by atoms with Crippen LogP contribution in [0.3, 0.4) is 0 Å². The van der Waals surface area contributed by atoms with Gasteiger partial charge in [0.25, 0.3) is 0 Å². The summed E-state index contributed by atoms with van der Waals surface area (Å²) in [5.41, 5.74) is 5.95. The molecule has 0 spiro atoms. The molecule has 3 N–H and O–H groups in total. The predicted molar refractivity (Wildman–Crippen MR) is 107 cm³/mol. The molecule has 1 saturated carbocycles. The zero-order chi connectivity index (χ0) is 18.5.